The molecule has 0 aliphatic rings. The number of ether oxygens (including phenoxy) is 3. The van der Waals surface area contributed by atoms with Crippen molar-refractivity contribution in [2.24, 2.45) is 5.73 Å². The van der Waals surface area contributed by atoms with Crippen molar-refractivity contribution in [1.82, 2.24) is 4.98 Å². The van der Waals surface area contributed by atoms with Crippen LogP contribution in [0.2, 0.25) is 0 Å². The van der Waals surface area contributed by atoms with Gasteiger partial charge in [0.05, 0.1) is 17.4 Å². The number of alkyl halides is 6. The molecular formula is C22H12B2F7N3O6. The number of nitrogens with two attached hydrogens (primary N) is 1. The van der Waals surface area contributed by atoms with Gasteiger partial charge < -0.3 is 30.4 Å². The van der Waals surface area contributed by atoms with E-state index in [2.05, 4.69) is 15.0 Å². The molecule has 3 aromatic rings. The number of primary amides is 1. The molecule has 0 aliphatic heterocycles. The molecule has 4 N–H and O–H groups in total. The number of hydrogen-bond donors (Lipinski definition) is 3. The lowest BCUT2D eigenvalue weighted by Gasteiger charge is -2.24. The predicted octanol–water partition coefficient (Wildman–Crippen LogP) is 3.60. The first-order chi connectivity index (χ1) is 18.3. The number of nitrogens with one attached hydrogen (secondary N) is 1. The van der Waals surface area contributed by atoms with E-state index >= 15 is 4.39 Å². The van der Waals surface area contributed by atoms with Crippen LogP contribution in [0.5, 0.6) is 23.0 Å². The standard InChI is InChI=1S/C22H12B2F7N3O6/c23-21(24,37)40-15-7-10(39-22(29,30)31)2-5-13(15)38-14-6-3-11(20(26,27)28)17(25)16(14)19(36)34-9-1-4-12(18(32)35)33-8-9/h1-8,37H,(H2,32,35)(H,34,36). The number of pyridine rings is 1. The van der Waals surface area contributed by atoms with Gasteiger partial charge in [0.15, 0.2) is 33.0 Å². The van der Waals surface area contributed by atoms with E-state index in [1.165, 1.54) is 0 Å². The molecule has 0 atom stereocenters. The molecule has 18 heteroatoms. The quantitative estimate of drug-likeness (QED) is 0.215. The van der Waals surface area contributed by atoms with E-state index in [1.54, 1.807) is 0 Å². The van der Waals surface area contributed by atoms with Crippen LogP contribution in [-0.2, 0) is 6.18 Å². The number of rotatable bonds is 8. The van der Waals surface area contributed by atoms with Crippen molar-refractivity contribution in [1.29, 1.82) is 0 Å². The third-order valence-corrected chi connectivity index (χ3v) is 4.55. The molecule has 3 rings (SSSR count). The Hall–Kier alpha value is -4.47. The Bertz CT molecular complexity index is 1430. The average Bonchev–Trinajstić information content (AvgIpc) is 2.78. The average molecular weight is 569 g/mol. The number of carbonyl (C=O) groups is 2. The molecule has 0 unspecified atom stereocenters. The topological polar surface area (TPSA) is 133 Å². The van der Waals surface area contributed by atoms with Crippen molar-refractivity contribution >= 4 is 33.2 Å². The zero-order chi connectivity index (χ0) is 30.0. The number of carbonyl (C=O) groups excluding carboxylic acids is 2. The molecule has 2 aromatic carbocycles. The summed E-state index contributed by atoms with van der Waals surface area (Å²) in [6, 6.07) is 4.78. The molecule has 0 aliphatic carbocycles. The zero-order valence-electron chi connectivity index (χ0n) is 19.4. The fraction of sp³-hybridized carbons (Fsp3) is 0.136. The van der Waals surface area contributed by atoms with Gasteiger partial charge in [-0.15, -0.1) is 13.2 Å². The van der Waals surface area contributed by atoms with Crippen molar-refractivity contribution in [3.05, 3.63) is 71.3 Å². The van der Waals surface area contributed by atoms with E-state index in [0.717, 1.165) is 18.3 Å². The van der Waals surface area contributed by atoms with Crippen LogP contribution >= 0.6 is 0 Å². The van der Waals surface area contributed by atoms with Crippen molar-refractivity contribution in [2.75, 3.05) is 5.32 Å². The summed E-state index contributed by atoms with van der Waals surface area (Å²) in [5, 5.41) is 11.6. The summed E-state index contributed by atoms with van der Waals surface area (Å²) in [6.45, 7) is 0. The number of amides is 2. The molecule has 0 fully saturated rings. The molecule has 9 nitrogen and oxygen atoms in total. The monoisotopic (exact) mass is 569 g/mol. The highest BCUT2D eigenvalue weighted by Gasteiger charge is 2.38. The van der Waals surface area contributed by atoms with Crippen LogP contribution < -0.4 is 25.3 Å². The van der Waals surface area contributed by atoms with Crippen LogP contribution in [0.3, 0.4) is 0 Å². The fourth-order valence-corrected chi connectivity index (χ4v) is 3.03. The molecule has 0 saturated heterocycles. The summed E-state index contributed by atoms with van der Waals surface area (Å²) in [5.74, 6) is -7.88. The van der Waals surface area contributed by atoms with E-state index in [-0.39, 0.29) is 17.4 Å². The SMILES string of the molecule is [B]C([B])(O)Oc1cc(OC(F)(F)F)ccc1Oc1ccc(C(F)(F)F)c(F)c1C(=O)Nc1ccc(C(N)=O)nc1. The van der Waals surface area contributed by atoms with Gasteiger partial charge in [0.25, 0.3) is 11.8 Å². The molecule has 1 aromatic heterocycles. The lowest BCUT2D eigenvalue weighted by molar-refractivity contribution is -0.274. The predicted molar refractivity (Wildman–Crippen MR) is 122 cm³/mol. The van der Waals surface area contributed by atoms with Gasteiger partial charge in [0.2, 0.25) is 0 Å². The van der Waals surface area contributed by atoms with Gasteiger partial charge in [-0.05, 0) is 36.4 Å². The second-order valence-corrected chi connectivity index (χ2v) is 7.66. The highest BCUT2D eigenvalue weighted by molar-refractivity contribution is 6.37. The summed E-state index contributed by atoms with van der Waals surface area (Å²) >= 11 is 0. The van der Waals surface area contributed by atoms with Crippen LogP contribution in [0.1, 0.15) is 26.4 Å². The van der Waals surface area contributed by atoms with Gasteiger partial charge in [-0.25, -0.2) is 9.37 Å². The smallest absolute Gasteiger partial charge is 0.478 e. The molecule has 40 heavy (non-hydrogen) atoms. The number of benzene rings is 2. The Labute approximate surface area is 221 Å². The highest BCUT2D eigenvalue weighted by atomic mass is 19.4. The Morgan fingerprint density at radius 3 is 2.10 bits per heavy atom. The molecule has 0 spiro atoms. The number of halogens is 7. The molecule has 4 radical (unpaired) electrons. The van der Waals surface area contributed by atoms with Crippen molar-refractivity contribution in [2.45, 2.75) is 18.1 Å². The Morgan fingerprint density at radius 2 is 1.57 bits per heavy atom. The number of aliphatic hydroxyl groups is 1. The first-order valence-electron chi connectivity index (χ1n) is 10.4. The van der Waals surface area contributed by atoms with Gasteiger partial charge in [-0.2, -0.15) is 13.2 Å². The van der Waals surface area contributed by atoms with Gasteiger partial charge in [-0.3, -0.25) is 9.59 Å². The van der Waals surface area contributed by atoms with Crippen LogP contribution in [0.25, 0.3) is 0 Å². The Morgan fingerprint density at radius 1 is 0.925 bits per heavy atom. The lowest BCUT2D eigenvalue weighted by atomic mass is 9.76. The zero-order valence-corrected chi connectivity index (χ0v) is 19.4. The van der Waals surface area contributed by atoms with Crippen LogP contribution in [0, 0.1) is 5.82 Å². The number of hydrogen-bond acceptors (Lipinski definition) is 7. The van der Waals surface area contributed by atoms with Crippen molar-refractivity contribution in [3.8, 4) is 23.0 Å². The van der Waals surface area contributed by atoms with Crippen molar-refractivity contribution in [3.63, 3.8) is 0 Å². The minimum atomic E-state index is -5.26. The van der Waals surface area contributed by atoms with E-state index in [0.29, 0.717) is 24.3 Å². The van der Waals surface area contributed by atoms with E-state index in [1.807, 2.05) is 0 Å². The highest BCUT2D eigenvalue weighted by Crippen LogP contribution is 2.41. The van der Waals surface area contributed by atoms with E-state index < -0.39 is 69.9 Å². The van der Waals surface area contributed by atoms with E-state index in [9.17, 15) is 41.0 Å². The largest absolute Gasteiger partial charge is 0.573 e. The summed E-state index contributed by atoms with van der Waals surface area (Å²) in [7, 11) is 10.2. The molecule has 206 valence electrons. The molecule has 0 saturated carbocycles. The maximum Gasteiger partial charge on any atom is 0.573 e. The summed E-state index contributed by atoms with van der Waals surface area (Å²) < 4.78 is 107. The fourth-order valence-electron chi connectivity index (χ4n) is 3.03. The summed E-state index contributed by atoms with van der Waals surface area (Å²) in [4.78, 5) is 27.7. The Kier molecular flexibility index (Phi) is 8.24. The first-order valence-corrected chi connectivity index (χ1v) is 10.4. The number of aromatic nitrogens is 1. The van der Waals surface area contributed by atoms with Crippen LogP contribution in [0.4, 0.5) is 36.4 Å². The van der Waals surface area contributed by atoms with E-state index in [4.69, 9.17) is 30.9 Å². The maximum absolute atomic E-state index is 15.1. The molecule has 1 heterocycles. The second kappa shape index (κ2) is 11.0. The lowest BCUT2D eigenvalue weighted by Crippen LogP contribution is -2.36. The minimum Gasteiger partial charge on any atom is -0.478 e. The number of nitrogens with zero attached hydrogens (tertiary/aromatic N) is 1. The maximum atomic E-state index is 15.1. The molecule has 2 amide bonds. The van der Waals surface area contributed by atoms with Gasteiger partial charge in [0.1, 0.15) is 28.3 Å². The second-order valence-electron chi connectivity index (χ2n) is 7.66. The molecular weight excluding hydrogens is 557 g/mol. The Balaban J connectivity index is 2.08. The third kappa shape index (κ3) is 7.78. The summed E-state index contributed by atoms with van der Waals surface area (Å²) in [5.41, 5.74) is -1.56. The molecule has 0 bridgehead atoms. The minimum absolute atomic E-state index is 0.202. The normalized spacial score (nSPS) is 12.0. The van der Waals surface area contributed by atoms with Gasteiger partial charge >= 0.3 is 12.5 Å². The van der Waals surface area contributed by atoms with Crippen LogP contribution in [-0.4, -0.2) is 49.5 Å². The third-order valence-electron chi connectivity index (χ3n) is 4.55. The van der Waals surface area contributed by atoms with Crippen LogP contribution in [0.15, 0.2) is 48.7 Å². The first kappa shape index (κ1) is 30.1. The van der Waals surface area contributed by atoms with Crippen molar-refractivity contribution < 1.29 is 59.6 Å². The van der Waals surface area contributed by atoms with Gasteiger partial charge in [-0.1, -0.05) is 0 Å². The number of anilines is 1. The van der Waals surface area contributed by atoms with Gasteiger partial charge in [0, 0.05) is 6.07 Å². The summed E-state index contributed by atoms with van der Waals surface area (Å²) in [6.07, 6.45) is -9.53.